The Morgan fingerprint density at radius 2 is 1.74 bits per heavy atom. The Morgan fingerprint density at radius 1 is 1.11 bits per heavy atom. The molecule has 0 bridgehead atoms. The van der Waals surface area contributed by atoms with Gasteiger partial charge >= 0.3 is 0 Å². The molecule has 0 aliphatic heterocycles. The van der Waals surface area contributed by atoms with Gasteiger partial charge in [-0.3, -0.25) is 0 Å². The largest absolute Gasteiger partial charge is 0.485 e. The van der Waals surface area contributed by atoms with Crippen molar-refractivity contribution in [1.29, 1.82) is 0 Å². The van der Waals surface area contributed by atoms with Crippen LogP contribution >= 0.6 is 0 Å². The average Bonchev–Trinajstić information content (AvgIpc) is 2.35. The highest BCUT2D eigenvalue weighted by Gasteiger charge is 2.12. The molecule has 0 unspecified atom stereocenters. The number of benzene rings is 1. The summed E-state index contributed by atoms with van der Waals surface area (Å²) in [5.41, 5.74) is 0.176. The highest BCUT2D eigenvalue weighted by molar-refractivity contribution is 5.31. The maximum atomic E-state index is 13.5. The molecule has 1 aromatic rings. The number of rotatable bonds is 8. The first-order valence-electron chi connectivity index (χ1n) is 6.34. The molecule has 0 saturated heterocycles. The van der Waals surface area contributed by atoms with E-state index in [4.69, 9.17) is 14.6 Å². The van der Waals surface area contributed by atoms with Crippen LogP contribution in [-0.4, -0.2) is 24.9 Å². The highest BCUT2D eigenvalue weighted by atomic mass is 19.1. The normalized spacial score (nSPS) is 11.1. The van der Waals surface area contributed by atoms with Crippen molar-refractivity contribution in [3.05, 3.63) is 29.3 Å². The molecule has 0 spiro atoms. The summed E-state index contributed by atoms with van der Waals surface area (Å²) < 4.78 is 37.2. The number of hydrogen-bond donors (Lipinski definition) is 1. The molecule has 19 heavy (non-hydrogen) atoms. The van der Waals surface area contributed by atoms with Gasteiger partial charge in [-0.25, -0.2) is 8.78 Å². The molecule has 0 atom stereocenters. The summed E-state index contributed by atoms with van der Waals surface area (Å²) in [7, 11) is 0. The van der Waals surface area contributed by atoms with Crippen molar-refractivity contribution >= 4 is 0 Å². The molecule has 0 aliphatic rings. The first-order valence-corrected chi connectivity index (χ1v) is 6.34. The Kier molecular flexibility index (Phi) is 6.73. The van der Waals surface area contributed by atoms with Crippen LogP contribution in [0.2, 0.25) is 0 Å². The number of aliphatic hydroxyl groups is 1. The molecule has 0 fully saturated rings. The predicted molar refractivity (Wildman–Crippen MR) is 68.0 cm³/mol. The Hall–Kier alpha value is -1.20. The maximum Gasteiger partial charge on any atom is 0.190 e. The second-order valence-corrected chi connectivity index (χ2v) is 4.69. The fraction of sp³-hybridized carbons (Fsp3) is 0.571. The zero-order chi connectivity index (χ0) is 14.3. The molecule has 5 heteroatoms. The van der Waals surface area contributed by atoms with Gasteiger partial charge in [0.25, 0.3) is 0 Å². The van der Waals surface area contributed by atoms with E-state index in [1.165, 1.54) is 0 Å². The molecule has 1 aromatic carbocycles. The van der Waals surface area contributed by atoms with Gasteiger partial charge in [-0.1, -0.05) is 13.8 Å². The summed E-state index contributed by atoms with van der Waals surface area (Å²) >= 11 is 0. The van der Waals surface area contributed by atoms with Crippen LogP contribution in [0.4, 0.5) is 8.78 Å². The van der Waals surface area contributed by atoms with Gasteiger partial charge in [0.05, 0.1) is 13.2 Å². The van der Waals surface area contributed by atoms with E-state index in [9.17, 15) is 8.78 Å². The van der Waals surface area contributed by atoms with Crippen LogP contribution in [0.3, 0.4) is 0 Å². The number of halogens is 2. The second-order valence-electron chi connectivity index (χ2n) is 4.69. The van der Waals surface area contributed by atoms with Gasteiger partial charge in [0, 0.05) is 6.61 Å². The zero-order valence-electron chi connectivity index (χ0n) is 11.3. The molecule has 0 saturated carbocycles. The van der Waals surface area contributed by atoms with E-state index in [2.05, 4.69) is 13.8 Å². The third-order valence-electron chi connectivity index (χ3n) is 2.55. The van der Waals surface area contributed by atoms with Crippen molar-refractivity contribution in [3.8, 4) is 5.75 Å². The van der Waals surface area contributed by atoms with Crippen LogP contribution in [0.5, 0.6) is 5.75 Å². The van der Waals surface area contributed by atoms with E-state index < -0.39 is 24.0 Å². The van der Waals surface area contributed by atoms with Crippen molar-refractivity contribution < 1.29 is 23.4 Å². The fourth-order valence-electron chi connectivity index (χ4n) is 1.47. The predicted octanol–water partition coefficient (Wildman–Crippen LogP) is 2.90. The topological polar surface area (TPSA) is 38.7 Å². The SMILES string of the molecule is CC(C)CCOCCOc1c(F)cc(CO)cc1F. The van der Waals surface area contributed by atoms with Gasteiger partial charge in [0.15, 0.2) is 17.4 Å². The van der Waals surface area contributed by atoms with Crippen LogP contribution in [0.15, 0.2) is 12.1 Å². The molecule has 1 N–H and O–H groups in total. The molecule has 0 aromatic heterocycles. The van der Waals surface area contributed by atoms with E-state index in [1.807, 2.05) is 0 Å². The Morgan fingerprint density at radius 3 is 2.26 bits per heavy atom. The van der Waals surface area contributed by atoms with E-state index in [-0.39, 0.29) is 18.8 Å². The standard InChI is InChI=1S/C14H20F2O3/c1-10(2)3-4-18-5-6-19-14-12(15)7-11(9-17)8-13(14)16/h7-8,10,17H,3-6,9H2,1-2H3. The third kappa shape index (κ3) is 5.53. The van der Waals surface area contributed by atoms with Gasteiger partial charge < -0.3 is 14.6 Å². The minimum atomic E-state index is -0.814. The molecule has 0 heterocycles. The molecular weight excluding hydrogens is 254 g/mol. The highest BCUT2D eigenvalue weighted by Crippen LogP contribution is 2.23. The Labute approximate surface area is 112 Å². The van der Waals surface area contributed by atoms with E-state index in [0.717, 1.165) is 18.6 Å². The first kappa shape index (κ1) is 15.9. The van der Waals surface area contributed by atoms with Crippen LogP contribution < -0.4 is 4.74 Å². The summed E-state index contributed by atoms with van der Waals surface area (Å²) in [5.74, 6) is -1.50. The van der Waals surface area contributed by atoms with E-state index in [0.29, 0.717) is 12.5 Å². The quantitative estimate of drug-likeness (QED) is 0.741. The molecular formula is C14H20F2O3. The lowest BCUT2D eigenvalue weighted by Crippen LogP contribution is -2.10. The molecule has 108 valence electrons. The van der Waals surface area contributed by atoms with Crippen LogP contribution in [0.25, 0.3) is 0 Å². The number of aliphatic hydroxyl groups excluding tert-OH is 1. The Bertz CT molecular complexity index is 371. The maximum absolute atomic E-state index is 13.5. The second kappa shape index (κ2) is 8.07. The molecule has 0 amide bonds. The fourth-order valence-corrected chi connectivity index (χ4v) is 1.47. The van der Waals surface area contributed by atoms with Crippen molar-refractivity contribution in [1.82, 2.24) is 0 Å². The molecule has 3 nitrogen and oxygen atoms in total. The minimum Gasteiger partial charge on any atom is -0.485 e. The Balaban J connectivity index is 2.37. The van der Waals surface area contributed by atoms with E-state index in [1.54, 1.807) is 0 Å². The van der Waals surface area contributed by atoms with Crippen LogP contribution in [0, 0.1) is 17.6 Å². The van der Waals surface area contributed by atoms with Gasteiger partial charge in [0.1, 0.15) is 6.61 Å². The molecule has 1 rings (SSSR count). The molecule has 0 aliphatic carbocycles. The van der Waals surface area contributed by atoms with Gasteiger partial charge in [-0.2, -0.15) is 0 Å². The van der Waals surface area contributed by atoms with Gasteiger partial charge in [0.2, 0.25) is 0 Å². The summed E-state index contributed by atoms with van der Waals surface area (Å²) in [5, 5.41) is 8.80. The monoisotopic (exact) mass is 274 g/mol. The first-order chi connectivity index (χ1) is 9.04. The van der Waals surface area contributed by atoms with Crippen LogP contribution in [-0.2, 0) is 11.3 Å². The lowest BCUT2D eigenvalue weighted by molar-refractivity contribution is 0.0898. The minimum absolute atomic E-state index is 0.0877. The van der Waals surface area contributed by atoms with Crippen molar-refractivity contribution in [2.75, 3.05) is 19.8 Å². The van der Waals surface area contributed by atoms with Crippen LogP contribution in [0.1, 0.15) is 25.8 Å². The average molecular weight is 274 g/mol. The van der Waals surface area contributed by atoms with Gasteiger partial charge in [-0.05, 0) is 30.0 Å². The van der Waals surface area contributed by atoms with E-state index >= 15 is 0 Å². The summed E-state index contributed by atoms with van der Waals surface area (Å²) in [4.78, 5) is 0. The summed E-state index contributed by atoms with van der Waals surface area (Å²) in [6.07, 6.45) is 0.938. The number of ether oxygens (including phenoxy) is 2. The smallest absolute Gasteiger partial charge is 0.190 e. The molecule has 0 radical (unpaired) electrons. The van der Waals surface area contributed by atoms with Gasteiger partial charge in [-0.15, -0.1) is 0 Å². The third-order valence-corrected chi connectivity index (χ3v) is 2.55. The van der Waals surface area contributed by atoms with Crippen molar-refractivity contribution in [3.63, 3.8) is 0 Å². The summed E-state index contributed by atoms with van der Waals surface area (Å²) in [6, 6.07) is 2.11. The van der Waals surface area contributed by atoms with Crippen molar-refractivity contribution in [2.45, 2.75) is 26.9 Å². The summed E-state index contributed by atoms with van der Waals surface area (Å²) in [6.45, 7) is 4.75. The lowest BCUT2D eigenvalue weighted by Gasteiger charge is -2.10. The lowest BCUT2D eigenvalue weighted by atomic mass is 10.1. The number of hydrogen-bond acceptors (Lipinski definition) is 3. The van der Waals surface area contributed by atoms with Crippen molar-refractivity contribution in [2.24, 2.45) is 5.92 Å². The zero-order valence-corrected chi connectivity index (χ0v) is 11.3.